The molecule has 1 amide bonds. The molecule has 1 heterocycles. The van der Waals surface area contributed by atoms with Crippen molar-refractivity contribution < 1.29 is 9.18 Å². The van der Waals surface area contributed by atoms with E-state index in [0.717, 1.165) is 43.1 Å². The van der Waals surface area contributed by atoms with Gasteiger partial charge in [-0.3, -0.25) is 4.79 Å². The van der Waals surface area contributed by atoms with Crippen molar-refractivity contribution in [3.8, 4) is 0 Å². The molecule has 0 atom stereocenters. The van der Waals surface area contributed by atoms with Crippen LogP contribution in [0, 0.1) is 12.7 Å². The molecule has 0 aromatic heterocycles. The fourth-order valence-electron chi connectivity index (χ4n) is 3.11. The summed E-state index contributed by atoms with van der Waals surface area (Å²) < 4.78 is 13.8. The summed E-state index contributed by atoms with van der Waals surface area (Å²) >= 11 is 6.00. The third-order valence-corrected chi connectivity index (χ3v) is 5.11. The van der Waals surface area contributed by atoms with E-state index < -0.39 is 5.82 Å². The van der Waals surface area contributed by atoms with Crippen LogP contribution in [0.25, 0.3) is 0 Å². The highest BCUT2D eigenvalue weighted by molar-refractivity contribution is 6.31. The van der Waals surface area contributed by atoms with E-state index in [2.05, 4.69) is 28.2 Å². The number of carbonyl (C=O) groups excluding carboxylic acids is 1. The molecule has 1 N–H and O–H groups in total. The zero-order valence-electron chi connectivity index (χ0n) is 15.1. The molecule has 0 saturated carbocycles. The van der Waals surface area contributed by atoms with Gasteiger partial charge in [0.15, 0.2) is 0 Å². The highest BCUT2D eigenvalue weighted by Crippen LogP contribution is 2.25. The number of hydrogen-bond donors (Lipinski definition) is 1. The Morgan fingerprint density at radius 1 is 1.19 bits per heavy atom. The molecule has 0 bridgehead atoms. The van der Waals surface area contributed by atoms with E-state index >= 15 is 0 Å². The summed E-state index contributed by atoms with van der Waals surface area (Å²) in [6, 6.07) is 10.4. The number of amides is 1. The Kier molecular flexibility index (Phi) is 5.79. The van der Waals surface area contributed by atoms with Gasteiger partial charge >= 0.3 is 0 Å². The van der Waals surface area contributed by atoms with Crippen molar-refractivity contribution in [3.05, 3.63) is 58.4 Å². The van der Waals surface area contributed by atoms with Crippen LogP contribution in [-0.4, -0.2) is 44.0 Å². The van der Waals surface area contributed by atoms with E-state index in [1.54, 1.807) is 6.07 Å². The Bertz CT molecular complexity index is 783. The topological polar surface area (TPSA) is 35.6 Å². The number of halogens is 2. The van der Waals surface area contributed by atoms with Gasteiger partial charge < -0.3 is 15.1 Å². The van der Waals surface area contributed by atoms with E-state index in [9.17, 15) is 9.18 Å². The molecule has 1 saturated heterocycles. The Morgan fingerprint density at radius 2 is 1.92 bits per heavy atom. The lowest BCUT2D eigenvalue weighted by atomic mass is 10.1. The van der Waals surface area contributed by atoms with Gasteiger partial charge in [0.2, 0.25) is 5.91 Å². The zero-order valence-corrected chi connectivity index (χ0v) is 15.8. The molecular weight excluding hydrogens is 353 g/mol. The molecule has 6 heteroatoms. The van der Waals surface area contributed by atoms with Crippen molar-refractivity contribution in [2.24, 2.45) is 0 Å². The maximum atomic E-state index is 13.8. The standard InChI is InChI=1S/C20H23ClFN3O/c1-14-12-15(25-10-8-24(2)9-11-25)6-7-19(14)23-20(26)13-16-17(21)4-3-5-18(16)22/h3-7,12H,8-11,13H2,1-2H3,(H,23,26). The minimum Gasteiger partial charge on any atom is -0.369 e. The number of benzene rings is 2. The summed E-state index contributed by atoms with van der Waals surface area (Å²) in [5.41, 5.74) is 3.10. The van der Waals surface area contributed by atoms with Crippen LogP contribution in [0.2, 0.25) is 5.02 Å². The molecule has 1 aliphatic heterocycles. The highest BCUT2D eigenvalue weighted by Gasteiger charge is 2.16. The van der Waals surface area contributed by atoms with Crippen molar-refractivity contribution >= 4 is 28.9 Å². The van der Waals surface area contributed by atoms with Gasteiger partial charge in [-0.05, 0) is 49.9 Å². The zero-order chi connectivity index (χ0) is 18.7. The lowest BCUT2D eigenvalue weighted by Gasteiger charge is -2.34. The molecular formula is C20H23ClFN3O. The smallest absolute Gasteiger partial charge is 0.228 e. The van der Waals surface area contributed by atoms with Crippen LogP contribution in [0.1, 0.15) is 11.1 Å². The Hall–Kier alpha value is -2.11. The van der Waals surface area contributed by atoms with Gasteiger partial charge in [-0.1, -0.05) is 17.7 Å². The first-order valence-electron chi connectivity index (χ1n) is 8.71. The number of nitrogens with zero attached hydrogens (tertiary/aromatic N) is 2. The largest absolute Gasteiger partial charge is 0.369 e. The number of likely N-dealkylation sites (N-methyl/N-ethyl adjacent to an activating group) is 1. The molecule has 138 valence electrons. The van der Waals surface area contributed by atoms with Crippen LogP contribution in [-0.2, 0) is 11.2 Å². The lowest BCUT2D eigenvalue weighted by molar-refractivity contribution is -0.115. The number of aryl methyl sites for hydroxylation is 1. The van der Waals surface area contributed by atoms with Gasteiger partial charge in [0.25, 0.3) is 0 Å². The van der Waals surface area contributed by atoms with Crippen LogP contribution >= 0.6 is 11.6 Å². The van der Waals surface area contributed by atoms with Gasteiger partial charge in [-0.2, -0.15) is 0 Å². The van der Waals surface area contributed by atoms with Gasteiger partial charge in [-0.25, -0.2) is 4.39 Å². The molecule has 4 nitrogen and oxygen atoms in total. The molecule has 1 aliphatic rings. The molecule has 1 fully saturated rings. The summed E-state index contributed by atoms with van der Waals surface area (Å²) in [7, 11) is 2.13. The van der Waals surface area contributed by atoms with Crippen molar-refractivity contribution in [1.82, 2.24) is 4.90 Å². The van der Waals surface area contributed by atoms with Crippen LogP contribution in [0.4, 0.5) is 15.8 Å². The first-order chi connectivity index (χ1) is 12.4. The molecule has 26 heavy (non-hydrogen) atoms. The second kappa shape index (κ2) is 8.06. The summed E-state index contributed by atoms with van der Waals surface area (Å²) in [5, 5.41) is 3.13. The predicted octanol–water partition coefficient (Wildman–Crippen LogP) is 3.72. The van der Waals surface area contributed by atoms with E-state index in [-0.39, 0.29) is 22.9 Å². The first-order valence-corrected chi connectivity index (χ1v) is 9.08. The Balaban J connectivity index is 1.67. The van der Waals surface area contributed by atoms with E-state index in [1.807, 2.05) is 19.1 Å². The van der Waals surface area contributed by atoms with Crippen LogP contribution in [0.3, 0.4) is 0 Å². The fraction of sp³-hybridized carbons (Fsp3) is 0.350. The SMILES string of the molecule is Cc1cc(N2CCN(C)CC2)ccc1NC(=O)Cc1c(F)cccc1Cl. The number of nitrogens with one attached hydrogen (secondary N) is 1. The molecule has 0 aliphatic carbocycles. The van der Waals surface area contributed by atoms with Crippen molar-refractivity contribution in [2.45, 2.75) is 13.3 Å². The third kappa shape index (κ3) is 4.34. The number of carbonyl (C=O) groups is 1. The van der Waals surface area contributed by atoms with Crippen molar-refractivity contribution in [1.29, 1.82) is 0 Å². The summed E-state index contributed by atoms with van der Waals surface area (Å²) in [6.45, 7) is 6.04. The van der Waals surface area contributed by atoms with E-state index in [4.69, 9.17) is 11.6 Å². The molecule has 2 aromatic rings. The Labute approximate surface area is 158 Å². The minimum absolute atomic E-state index is 0.0921. The van der Waals surface area contributed by atoms with Gasteiger partial charge in [0.05, 0.1) is 6.42 Å². The summed E-state index contributed by atoms with van der Waals surface area (Å²) in [6.07, 6.45) is -0.0921. The average Bonchev–Trinajstić information content (AvgIpc) is 2.61. The maximum absolute atomic E-state index is 13.8. The van der Waals surface area contributed by atoms with E-state index in [1.165, 1.54) is 12.1 Å². The maximum Gasteiger partial charge on any atom is 0.228 e. The highest BCUT2D eigenvalue weighted by atomic mass is 35.5. The van der Waals surface area contributed by atoms with Crippen molar-refractivity contribution in [2.75, 3.05) is 43.4 Å². The van der Waals surface area contributed by atoms with E-state index in [0.29, 0.717) is 0 Å². The molecule has 2 aromatic carbocycles. The van der Waals surface area contributed by atoms with Crippen LogP contribution in [0.15, 0.2) is 36.4 Å². The summed E-state index contributed by atoms with van der Waals surface area (Å²) in [4.78, 5) is 17.0. The third-order valence-electron chi connectivity index (χ3n) is 4.75. The molecule has 3 rings (SSSR count). The minimum atomic E-state index is -0.463. The van der Waals surface area contributed by atoms with Crippen LogP contribution < -0.4 is 10.2 Å². The van der Waals surface area contributed by atoms with Crippen molar-refractivity contribution in [3.63, 3.8) is 0 Å². The van der Waals surface area contributed by atoms with Gasteiger partial charge in [-0.15, -0.1) is 0 Å². The van der Waals surface area contributed by atoms with Crippen LogP contribution in [0.5, 0.6) is 0 Å². The molecule has 0 radical (unpaired) electrons. The first kappa shape index (κ1) is 18.7. The fourth-order valence-corrected chi connectivity index (χ4v) is 3.34. The Morgan fingerprint density at radius 3 is 2.58 bits per heavy atom. The number of rotatable bonds is 4. The number of piperazine rings is 1. The predicted molar refractivity (Wildman–Crippen MR) is 105 cm³/mol. The number of hydrogen-bond acceptors (Lipinski definition) is 3. The molecule has 0 unspecified atom stereocenters. The quantitative estimate of drug-likeness (QED) is 0.884. The molecule has 0 spiro atoms. The second-order valence-corrected chi connectivity index (χ2v) is 7.12. The normalized spacial score (nSPS) is 15.2. The monoisotopic (exact) mass is 375 g/mol. The second-order valence-electron chi connectivity index (χ2n) is 6.71. The van der Waals surface area contributed by atoms with Gasteiger partial charge in [0, 0.05) is 48.1 Å². The summed E-state index contributed by atoms with van der Waals surface area (Å²) in [5.74, 6) is -0.748. The average molecular weight is 376 g/mol. The van der Waals surface area contributed by atoms with Gasteiger partial charge in [0.1, 0.15) is 5.82 Å². The lowest BCUT2D eigenvalue weighted by Crippen LogP contribution is -2.44. The number of anilines is 2.